The molecule has 1 amide bonds. The Kier molecular flexibility index (Phi) is 5.30. The van der Waals surface area contributed by atoms with Crippen molar-refractivity contribution in [3.8, 4) is 0 Å². The highest BCUT2D eigenvalue weighted by atomic mass is 32.2. The van der Waals surface area contributed by atoms with Crippen molar-refractivity contribution in [2.45, 2.75) is 22.8 Å². The van der Waals surface area contributed by atoms with Gasteiger partial charge in [-0.05, 0) is 25.5 Å². The number of hydrogen-bond acceptors (Lipinski definition) is 6. The maximum atomic E-state index is 11.5. The zero-order valence-electron chi connectivity index (χ0n) is 11.0. The molecule has 1 atom stereocenters. The van der Waals surface area contributed by atoms with Crippen molar-refractivity contribution in [1.82, 2.24) is 5.32 Å². The molecule has 0 spiro atoms. The highest BCUT2D eigenvalue weighted by molar-refractivity contribution is 7.92. The number of sulfone groups is 1. The van der Waals surface area contributed by atoms with E-state index in [0.717, 1.165) is 22.5 Å². The standard InChI is InChI=1S/C10H16N2O5S3/c1-7(19(2,14)15)10(13)12-6-5-8-3-4-9(18-8)20(11,16)17/h3-4,7H,5-6H2,1-2H3,(H,12,13)(H2,11,16,17). The van der Waals surface area contributed by atoms with Gasteiger partial charge in [0, 0.05) is 17.7 Å². The summed E-state index contributed by atoms with van der Waals surface area (Å²) < 4.78 is 44.6. The monoisotopic (exact) mass is 340 g/mol. The Morgan fingerprint density at radius 2 is 1.95 bits per heavy atom. The molecule has 0 aliphatic rings. The van der Waals surface area contributed by atoms with Crippen LogP contribution >= 0.6 is 11.3 Å². The van der Waals surface area contributed by atoms with E-state index in [-0.39, 0.29) is 10.8 Å². The van der Waals surface area contributed by atoms with Gasteiger partial charge in [0.15, 0.2) is 9.84 Å². The summed E-state index contributed by atoms with van der Waals surface area (Å²) in [6.07, 6.45) is 1.40. The molecule has 0 bridgehead atoms. The van der Waals surface area contributed by atoms with Crippen LogP contribution in [-0.2, 0) is 31.1 Å². The minimum absolute atomic E-state index is 0.0586. The number of hydrogen-bond donors (Lipinski definition) is 2. The lowest BCUT2D eigenvalue weighted by Crippen LogP contribution is -2.38. The molecule has 20 heavy (non-hydrogen) atoms. The van der Waals surface area contributed by atoms with Gasteiger partial charge in [-0.25, -0.2) is 22.0 Å². The number of sulfonamides is 1. The van der Waals surface area contributed by atoms with Crippen LogP contribution in [0.4, 0.5) is 0 Å². The molecule has 1 aromatic heterocycles. The highest BCUT2D eigenvalue weighted by Crippen LogP contribution is 2.20. The maximum Gasteiger partial charge on any atom is 0.247 e. The van der Waals surface area contributed by atoms with Crippen molar-refractivity contribution in [2.75, 3.05) is 12.8 Å². The molecule has 3 N–H and O–H groups in total. The molecule has 1 heterocycles. The first-order valence-corrected chi connectivity index (χ1v) is 9.91. The first kappa shape index (κ1) is 17.1. The number of amides is 1. The number of nitrogens with two attached hydrogens (primary N) is 1. The van der Waals surface area contributed by atoms with E-state index in [9.17, 15) is 21.6 Å². The van der Waals surface area contributed by atoms with E-state index in [4.69, 9.17) is 5.14 Å². The van der Waals surface area contributed by atoms with E-state index >= 15 is 0 Å². The van der Waals surface area contributed by atoms with Crippen LogP contribution < -0.4 is 10.5 Å². The third kappa shape index (κ3) is 4.85. The van der Waals surface area contributed by atoms with Crippen molar-refractivity contribution in [1.29, 1.82) is 0 Å². The summed E-state index contributed by atoms with van der Waals surface area (Å²) in [4.78, 5) is 12.3. The van der Waals surface area contributed by atoms with E-state index in [1.807, 2.05) is 0 Å². The van der Waals surface area contributed by atoms with Gasteiger partial charge in [-0.2, -0.15) is 0 Å². The molecule has 1 aromatic rings. The summed E-state index contributed by atoms with van der Waals surface area (Å²) in [6.45, 7) is 1.54. The first-order valence-electron chi connectivity index (χ1n) is 5.60. The van der Waals surface area contributed by atoms with Gasteiger partial charge in [0.2, 0.25) is 15.9 Å². The number of nitrogens with one attached hydrogen (secondary N) is 1. The highest BCUT2D eigenvalue weighted by Gasteiger charge is 2.22. The molecule has 0 saturated heterocycles. The Balaban J connectivity index is 2.54. The van der Waals surface area contributed by atoms with E-state index in [0.29, 0.717) is 6.42 Å². The first-order chi connectivity index (χ1) is 9.01. The van der Waals surface area contributed by atoms with E-state index in [1.165, 1.54) is 13.0 Å². The molecule has 7 nitrogen and oxygen atoms in total. The topological polar surface area (TPSA) is 123 Å². The molecule has 0 aliphatic heterocycles. The molecule has 0 radical (unpaired) electrons. The van der Waals surface area contributed by atoms with Crippen molar-refractivity contribution >= 4 is 37.1 Å². The molecular weight excluding hydrogens is 324 g/mol. The van der Waals surface area contributed by atoms with Crippen molar-refractivity contribution in [3.05, 3.63) is 17.0 Å². The lowest BCUT2D eigenvalue weighted by atomic mass is 10.3. The Morgan fingerprint density at radius 3 is 2.40 bits per heavy atom. The van der Waals surface area contributed by atoms with E-state index in [1.54, 1.807) is 6.07 Å². The van der Waals surface area contributed by atoms with Crippen LogP contribution in [0.1, 0.15) is 11.8 Å². The van der Waals surface area contributed by atoms with Gasteiger partial charge in [0.05, 0.1) is 0 Å². The molecule has 114 valence electrons. The zero-order chi connectivity index (χ0) is 15.6. The molecule has 0 saturated carbocycles. The number of thiophene rings is 1. The van der Waals surface area contributed by atoms with Gasteiger partial charge in [0.25, 0.3) is 0 Å². The SMILES string of the molecule is CC(C(=O)NCCc1ccc(S(N)(=O)=O)s1)S(C)(=O)=O. The third-order valence-corrected chi connectivity index (χ3v) is 6.68. The second kappa shape index (κ2) is 6.20. The largest absolute Gasteiger partial charge is 0.355 e. The van der Waals surface area contributed by atoms with Crippen LogP contribution in [0.15, 0.2) is 16.3 Å². The van der Waals surface area contributed by atoms with Gasteiger partial charge in [-0.3, -0.25) is 4.79 Å². The van der Waals surface area contributed by atoms with Gasteiger partial charge >= 0.3 is 0 Å². The maximum absolute atomic E-state index is 11.5. The number of carbonyl (C=O) groups is 1. The predicted octanol–water partition coefficient (Wildman–Crippen LogP) is -0.513. The molecular formula is C10H16N2O5S3. The zero-order valence-corrected chi connectivity index (χ0v) is 13.4. The van der Waals surface area contributed by atoms with Crippen LogP contribution in [0.25, 0.3) is 0 Å². The fourth-order valence-corrected chi connectivity index (χ4v) is 3.54. The predicted molar refractivity (Wildman–Crippen MR) is 76.7 cm³/mol. The van der Waals surface area contributed by atoms with Crippen molar-refractivity contribution in [2.24, 2.45) is 5.14 Å². The minimum atomic E-state index is -3.70. The molecule has 0 aromatic carbocycles. The molecule has 10 heteroatoms. The average molecular weight is 340 g/mol. The summed E-state index contributed by atoms with van der Waals surface area (Å²) in [6, 6.07) is 3.01. The van der Waals surface area contributed by atoms with Gasteiger partial charge in [0.1, 0.15) is 9.46 Å². The molecule has 0 fully saturated rings. The van der Waals surface area contributed by atoms with Crippen LogP contribution in [0, 0.1) is 0 Å². The Morgan fingerprint density at radius 1 is 1.35 bits per heavy atom. The summed E-state index contributed by atoms with van der Waals surface area (Å²) in [7, 11) is -7.12. The minimum Gasteiger partial charge on any atom is -0.355 e. The lowest BCUT2D eigenvalue weighted by Gasteiger charge is -2.09. The average Bonchev–Trinajstić information content (AvgIpc) is 2.75. The fourth-order valence-electron chi connectivity index (χ4n) is 1.29. The Hall–Kier alpha value is -0.970. The summed E-state index contributed by atoms with van der Waals surface area (Å²) in [5.74, 6) is -0.573. The second-order valence-electron chi connectivity index (χ2n) is 4.28. The quantitative estimate of drug-likeness (QED) is 0.722. The Bertz CT molecular complexity index is 690. The van der Waals surface area contributed by atoms with E-state index in [2.05, 4.69) is 5.32 Å². The van der Waals surface area contributed by atoms with Crippen LogP contribution in [0.2, 0.25) is 0 Å². The lowest BCUT2D eigenvalue weighted by molar-refractivity contribution is -0.120. The van der Waals surface area contributed by atoms with Gasteiger partial charge in [-0.1, -0.05) is 0 Å². The number of primary sulfonamides is 1. The smallest absolute Gasteiger partial charge is 0.247 e. The molecule has 1 rings (SSSR count). The Labute approximate surface area is 122 Å². The van der Waals surface area contributed by atoms with E-state index < -0.39 is 31.0 Å². The van der Waals surface area contributed by atoms with Crippen molar-refractivity contribution < 1.29 is 21.6 Å². The van der Waals surface area contributed by atoms with Crippen LogP contribution in [0.3, 0.4) is 0 Å². The number of carbonyl (C=O) groups excluding carboxylic acids is 1. The van der Waals surface area contributed by atoms with Crippen LogP contribution in [-0.4, -0.2) is 40.8 Å². The molecule has 0 aliphatic carbocycles. The van der Waals surface area contributed by atoms with Gasteiger partial charge < -0.3 is 5.32 Å². The second-order valence-corrected chi connectivity index (χ2v) is 9.60. The van der Waals surface area contributed by atoms with Crippen molar-refractivity contribution in [3.63, 3.8) is 0 Å². The summed E-state index contributed by atoms with van der Waals surface area (Å²) >= 11 is 1.02. The van der Waals surface area contributed by atoms with Crippen LogP contribution in [0.5, 0.6) is 0 Å². The normalized spacial score (nSPS) is 13.9. The summed E-state index contributed by atoms with van der Waals surface area (Å²) in [5.41, 5.74) is 0. The summed E-state index contributed by atoms with van der Waals surface area (Å²) in [5, 5.41) is 6.37. The van der Waals surface area contributed by atoms with Gasteiger partial charge in [-0.15, -0.1) is 11.3 Å². The number of rotatable bonds is 6. The fraction of sp³-hybridized carbons (Fsp3) is 0.500. The third-order valence-electron chi connectivity index (χ3n) is 2.60. The molecule has 1 unspecified atom stereocenters.